The second-order valence-corrected chi connectivity index (χ2v) is 8.68. The highest BCUT2D eigenvalue weighted by atomic mass is 35.5. The fraction of sp³-hybridized carbons (Fsp3) is 0.217. The normalized spacial score (nSPS) is 14.3. The van der Waals surface area contributed by atoms with Gasteiger partial charge in [0, 0.05) is 5.56 Å². The van der Waals surface area contributed by atoms with Gasteiger partial charge in [0.1, 0.15) is 0 Å². The standard InChI is InChI=1S/C23H21ClN2O2S/c1-14-4-6-15(7-5-14)21(16-8-9-16)26-22(27)17-10-11-18(24)19(13-17)25-23(28)20-3-2-12-29-20/h2-7,10-13,16,21H,8-9H2,1H3,(H,25,28)(H,26,27). The maximum absolute atomic E-state index is 12.9. The Morgan fingerprint density at radius 3 is 2.48 bits per heavy atom. The lowest BCUT2D eigenvalue weighted by Gasteiger charge is -2.19. The predicted octanol–water partition coefficient (Wildman–Crippen LogP) is 5.84. The van der Waals surface area contributed by atoms with E-state index in [0.29, 0.717) is 27.1 Å². The summed E-state index contributed by atoms with van der Waals surface area (Å²) in [5.74, 6) is 0.0488. The van der Waals surface area contributed by atoms with Gasteiger partial charge in [0.2, 0.25) is 0 Å². The third-order valence-corrected chi connectivity index (χ3v) is 6.24. The first-order valence-corrected chi connectivity index (χ1v) is 10.8. The first-order valence-electron chi connectivity index (χ1n) is 9.53. The highest BCUT2D eigenvalue weighted by Gasteiger charge is 2.33. The van der Waals surface area contributed by atoms with Crippen molar-refractivity contribution < 1.29 is 9.59 Å². The number of aryl methyl sites for hydroxylation is 1. The van der Waals surface area contributed by atoms with Gasteiger partial charge in [-0.05, 0) is 60.9 Å². The molecular weight excluding hydrogens is 404 g/mol. The fourth-order valence-electron chi connectivity index (χ4n) is 3.26. The minimum absolute atomic E-state index is 0.0112. The molecule has 3 aromatic rings. The van der Waals surface area contributed by atoms with Gasteiger partial charge in [-0.1, -0.05) is 47.5 Å². The molecule has 0 radical (unpaired) electrons. The summed E-state index contributed by atoms with van der Waals surface area (Å²) < 4.78 is 0. The van der Waals surface area contributed by atoms with Crippen molar-refractivity contribution in [3.63, 3.8) is 0 Å². The number of rotatable bonds is 6. The van der Waals surface area contributed by atoms with Crippen molar-refractivity contribution in [2.75, 3.05) is 5.32 Å². The smallest absolute Gasteiger partial charge is 0.265 e. The van der Waals surface area contributed by atoms with Crippen molar-refractivity contribution in [1.29, 1.82) is 0 Å². The Labute approximate surface area is 178 Å². The molecule has 4 rings (SSSR count). The molecule has 1 heterocycles. The van der Waals surface area contributed by atoms with Crippen molar-refractivity contribution in [2.24, 2.45) is 5.92 Å². The second-order valence-electron chi connectivity index (χ2n) is 7.33. The van der Waals surface area contributed by atoms with E-state index in [4.69, 9.17) is 11.6 Å². The zero-order valence-electron chi connectivity index (χ0n) is 15.9. The Bertz CT molecular complexity index is 1030. The average molecular weight is 425 g/mol. The summed E-state index contributed by atoms with van der Waals surface area (Å²) in [6.45, 7) is 2.05. The van der Waals surface area contributed by atoms with Gasteiger partial charge in [0.05, 0.1) is 21.6 Å². The van der Waals surface area contributed by atoms with E-state index in [-0.39, 0.29) is 17.9 Å². The van der Waals surface area contributed by atoms with Crippen molar-refractivity contribution >= 4 is 40.4 Å². The zero-order valence-corrected chi connectivity index (χ0v) is 17.5. The summed E-state index contributed by atoms with van der Waals surface area (Å²) in [5, 5.41) is 8.19. The fourth-order valence-corrected chi connectivity index (χ4v) is 4.04. The molecule has 0 saturated heterocycles. The van der Waals surface area contributed by atoms with Crippen LogP contribution in [0.1, 0.15) is 50.0 Å². The van der Waals surface area contributed by atoms with Crippen LogP contribution in [0.25, 0.3) is 0 Å². The maximum atomic E-state index is 12.9. The van der Waals surface area contributed by atoms with Gasteiger partial charge >= 0.3 is 0 Å². The molecule has 29 heavy (non-hydrogen) atoms. The molecule has 2 amide bonds. The Kier molecular flexibility index (Phi) is 5.69. The quantitative estimate of drug-likeness (QED) is 0.522. The van der Waals surface area contributed by atoms with Crippen LogP contribution >= 0.6 is 22.9 Å². The lowest BCUT2D eigenvalue weighted by Crippen LogP contribution is -2.30. The molecule has 0 spiro atoms. The number of thiophene rings is 1. The minimum atomic E-state index is -0.241. The van der Waals surface area contributed by atoms with Crippen LogP contribution in [0.15, 0.2) is 60.0 Å². The molecule has 1 atom stereocenters. The number of hydrogen-bond acceptors (Lipinski definition) is 3. The lowest BCUT2D eigenvalue weighted by molar-refractivity contribution is 0.0930. The molecule has 1 aliphatic carbocycles. The number of nitrogens with one attached hydrogen (secondary N) is 2. The van der Waals surface area contributed by atoms with Crippen LogP contribution in [0.2, 0.25) is 5.02 Å². The lowest BCUT2D eigenvalue weighted by atomic mass is 10.0. The Hall–Kier alpha value is -2.63. The van der Waals surface area contributed by atoms with E-state index in [2.05, 4.69) is 34.9 Å². The number of halogens is 1. The topological polar surface area (TPSA) is 58.2 Å². The van der Waals surface area contributed by atoms with Gasteiger partial charge < -0.3 is 10.6 Å². The molecule has 1 aromatic heterocycles. The first kappa shape index (κ1) is 19.7. The molecule has 0 aliphatic heterocycles. The van der Waals surface area contributed by atoms with Crippen molar-refractivity contribution in [2.45, 2.75) is 25.8 Å². The predicted molar refractivity (Wildman–Crippen MR) is 118 cm³/mol. The second kappa shape index (κ2) is 8.39. The Morgan fingerprint density at radius 1 is 1.07 bits per heavy atom. The van der Waals surface area contributed by atoms with E-state index >= 15 is 0 Å². The van der Waals surface area contributed by atoms with E-state index in [1.165, 1.54) is 16.9 Å². The van der Waals surface area contributed by atoms with Gasteiger partial charge in [-0.2, -0.15) is 0 Å². The zero-order chi connectivity index (χ0) is 20.4. The van der Waals surface area contributed by atoms with Gasteiger partial charge in [0.15, 0.2) is 0 Å². The molecule has 1 fully saturated rings. The number of carbonyl (C=O) groups is 2. The van der Waals surface area contributed by atoms with Gasteiger partial charge in [-0.25, -0.2) is 0 Å². The highest BCUT2D eigenvalue weighted by Crippen LogP contribution is 2.41. The van der Waals surface area contributed by atoms with Crippen molar-refractivity contribution in [3.8, 4) is 0 Å². The van der Waals surface area contributed by atoms with Crippen LogP contribution in [-0.4, -0.2) is 11.8 Å². The van der Waals surface area contributed by atoms with Gasteiger partial charge in [-0.3, -0.25) is 9.59 Å². The third kappa shape index (κ3) is 4.69. The minimum Gasteiger partial charge on any atom is -0.345 e. The molecular formula is C23H21ClN2O2S. The summed E-state index contributed by atoms with van der Waals surface area (Å²) >= 11 is 7.59. The Balaban J connectivity index is 1.52. The van der Waals surface area contributed by atoms with Crippen LogP contribution in [0.4, 0.5) is 5.69 Å². The van der Waals surface area contributed by atoms with Gasteiger partial charge in [-0.15, -0.1) is 11.3 Å². The van der Waals surface area contributed by atoms with Crippen LogP contribution in [0.3, 0.4) is 0 Å². The molecule has 148 valence electrons. The van der Waals surface area contributed by atoms with Crippen molar-refractivity contribution in [1.82, 2.24) is 5.32 Å². The molecule has 1 saturated carbocycles. The number of carbonyl (C=O) groups excluding carboxylic acids is 2. The number of benzene rings is 2. The Morgan fingerprint density at radius 2 is 1.83 bits per heavy atom. The summed E-state index contributed by atoms with van der Waals surface area (Å²) in [4.78, 5) is 25.9. The van der Waals surface area contributed by atoms with E-state index in [1.807, 2.05) is 18.4 Å². The van der Waals surface area contributed by atoms with Crippen LogP contribution < -0.4 is 10.6 Å². The van der Waals surface area contributed by atoms with E-state index in [1.54, 1.807) is 24.3 Å². The number of hydrogen-bond donors (Lipinski definition) is 2. The molecule has 1 aliphatic rings. The summed E-state index contributed by atoms with van der Waals surface area (Å²) in [6, 6.07) is 16.8. The number of anilines is 1. The third-order valence-electron chi connectivity index (χ3n) is 5.04. The monoisotopic (exact) mass is 424 g/mol. The summed E-state index contributed by atoms with van der Waals surface area (Å²) in [5.41, 5.74) is 3.20. The molecule has 6 heteroatoms. The van der Waals surface area contributed by atoms with Crippen LogP contribution in [0.5, 0.6) is 0 Å². The highest BCUT2D eigenvalue weighted by molar-refractivity contribution is 7.12. The molecule has 2 N–H and O–H groups in total. The van der Waals surface area contributed by atoms with Crippen LogP contribution in [-0.2, 0) is 0 Å². The maximum Gasteiger partial charge on any atom is 0.265 e. The number of amides is 2. The first-order chi connectivity index (χ1) is 14.0. The van der Waals surface area contributed by atoms with Crippen LogP contribution in [0, 0.1) is 12.8 Å². The molecule has 4 nitrogen and oxygen atoms in total. The molecule has 2 aromatic carbocycles. The van der Waals surface area contributed by atoms with Gasteiger partial charge in [0.25, 0.3) is 11.8 Å². The SMILES string of the molecule is Cc1ccc(C(NC(=O)c2ccc(Cl)c(NC(=O)c3cccs3)c2)C2CC2)cc1. The summed E-state index contributed by atoms with van der Waals surface area (Å²) in [6.07, 6.45) is 2.23. The largest absolute Gasteiger partial charge is 0.345 e. The molecule has 1 unspecified atom stereocenters. The molecule has 0 bridgehead atoms. The van der Waals surface area contributed by atoms with E-state index in [0.717, 1.165) is 18.4 Å². The van der Waals surface area contributed by atoms with E-state index < -0.39 is 0 Å². The average Bonchev–Trinajstić information content (AvgIpc) is 3.40. The summed E-state index contributed by atoms with van der Waals surface area (Å²) in [7, 11) is 0. The van der Waals surface area contributed by atoms with Crippen molar-refractivity contribution in [3.05, 3.63) is 86.6 Å². The van der Waals surface area contributed by atoms with E-state index in [9.17, 15) is 9.59 Å².